The maximum Gasteiger partial charge on any atom is 0.254 e. The molecule has 116 valence electrons. The highest BCUT2D eigenvalue weighted by Gasteiger charge is 2.29. The van der Waals surface area contributed by atoms with Gasteiger partial charge in [0, 0.05) is 12.6 Å². The number of aliphatic hydroxyl groups excluding tert-OH is 1. The Labute approximate surface area is 126 Å². The van der Waals surface area contributed by atoms with Crippen molar-refractivity contribution in [1.82, 2.24) is 4.90 Å². The van der Waals surface area contributed by atoms with Gasteiger partial charge in [0.1, 0.15) is 5.75 Å². The molecule has 0 heterocycles. The number of carbonyl (C=O) groups excluding carboxylic acids is 1. The van der Waals surface area contributed by atoms with Gasteiger partial charge < -0.3 is 14.7 Å². The van der Waals surface area contributed by atoms with Crippen molar-refractivity contribution in [2.24, 2.45) is 0 Å². The molecular formula is C17H25NO3. The molecule has 4 heteroatoms. The predicted octanol–water partition coefficient (Wildman–Crippen LogP) is 2.85. The first-order chi connectivity index (χ1) is 9.99. The maximum atomic E-state index is 12.6. The zero-order valence-electron chi connectivity index (χ0n) is 13.1. The van der Waals surface area contributed by atoms with Gasteiger partial charge in [-0.05, 0) is 44.9 Å². The van der Waals surface area contributed by atoms with Crippen molar-refractivity contribution in [3.63, 3.8) is 0 Å². The molecule has 0 saturated heterocycles. The summed E-state index contributed by atoms with van der Waals surface area (Å²) in [5.41, 5.74) is 0.605. The molecule has 1 aliphatic carbocycles. The Hall–Kier alpha value is -1.55. The van der Waals surface area contributed by atoms with Gasteiger partial charge in [-0.1, -0.05) is 18.9 Å². The van der Waals surface area contributed by atoms with E-state index in [1.54, 1.807) is 24.1 Å². The summed E-state index contributed by atoms with van der Waals surface area (Å²) in [6.07, 6.45) is 3.41. The van der Waals surface area contributed by atoms with Crippen LogP contribution in [0.2, 0.25) is 0 Å². The van der Waals surface area contributed by atoms with Gasteiger partial charge >= 0.3 is 0 Å². The third-order valence-corrected chi connectivity index (χ3v) is 3.96. The zero-order chi connectivity index (χ0) is 15.4. The monoisotopic (exact) mass is 291 g/mol. The van der Waals surface area contributed by atoms with E-state index in [1.807, 2.05) is 26.0 Å². The number of aliphatic hydroxyl groups is 1. The fourth-order valence-corrected chi connectivity index (χ4v) is 2.87. The molecule has 1 fully saturated rings. The van der Waals surface area contributed by atoms with Gasteiger partial charge in [0.25, 0.3) is 5.91 Å². The molecule has 0 aliphatic heterocycles. The Balaban J connectivity index is 2.11. The van der Waals surface area contributed by atoms with Crippen LogP contribution < -0.4 is 4.74 Å². The van der Waals surface area contributed by atoms with Crippen LogP contribution >= 0.6 is 0 Å². The van der Waals surface area contributed by atoms with Crippen LogP contribution in [0.1, 0.15) is 49.9 Å². The average Bonchev–Trinajstić information content (AvgIpc) is 2.46. The smallest absolute Gasteiger partial charge is 0.254 e. The second-order valence-electron chi connectivity index (χ2n) is 6.03. The first kappa shape index (κ1) is 15.8. The van der Waals surface area contributed by atoms with Crippen LogP contribution in [-0.4, -0.2) is 41.2 Å². The van der Waals surface area contributed by atoms with Gasteiger partial charge in [-0.2, -0.15) is 0 Å². The van der Waals surface area contributed by atoms with E-state index in [4.69, 9.17) is 4.74 Å². The first-order valence-electron chi connectivity index (χ1n) is 7.71. The molecule has 1 aromatic carbocycles. The number of likely N-dealkylation sites (N-methyl/N-ethyl adjacent to an activating group) is 1. The molecule has 21 heavy (non-hydrogen) atoms. The molecule has 2 atom stereocenters. The molecule has 0 spiro atoms. The SMILES string of the molecule is CC(C)Oc1cccc(C(=O)N(C)C2CCCCC2O)c1. The molecule has 0 aromatic heterocycles. The van der Waals surface area contributed by atoms with Crippen LogP contribution in [0.4, 0.5) is 0 Å². The van der Waals surface area contributed by atoms with E-state index in [1.165, 1.54) is 0 Å². The Morgan fingerprint density at radius 3 is 2.71 bits per heavy atom. The topological polar surface area (TPSA) is 49.8 Å². The summed E-state index contributed by atoms with van der Waals surface area (Å²) in [7, 11) is 1.78. The summed E-state index contributed by atoms with van der Waals surface area (Å²) in [6, 6.07) is 7.17. The Kier molecular flexibility index (Phi) is 5.23. The second-order valence-corrected chi connectivity index (χ2v) is 6.03. The predicted molar refractivity (Wildman–Crippen MR) is 82.6 cm³/mol. The fraction of sp³-hybridized carbons (Fsp3) is 0.588. The van der Waals surface area contributed by atoms with Crippen molar-refractivity contribution in [1.29, 1.82) is 0 Å². The van der Waals surface area contributed by atoms with Gasteiger partial charge in [0.2, 0.25) is 0 Å². The van der Waals surface area contributed by atoms with Crippen molar-refractivity contribution in [3.8, 4) is 5.75 Å². The van der Waals surface area contributed by atoms with Gasteiger partial charge in [0.15, 0.2) is 0 Å². The minimum absolute atomic E-state index is 0.0600. The van der Waals surface area contributed by atoms with E-state index in [9.17, 15) is 9.90 Å². The minimum atomic E-state index is -0.414. The van der Waals surface area contributed by atoms with Gasteiger partial charge in [-0.3, -0.25) is 4.79 Å². The Morgan fingerprint density at radius 2 is 2.05 bits per heavy atom. The Bertz CT molecular complexity index is 487. The summed E-state index contributed by atoms with van der Waals surface area (Å²) in [5.74, 6) is 0.642. The number of ether oxygens (including phenoxy) is 1. The number of benzene rings is 1. The lowest BCUT2D eigenvalue weighted by Crippen LogP contribution is -2.46. The molecule has 1 aromatic rings. The number of hydrogen-bond acceptors (Lipinski definition) is 3. The van der Waals surface area contributed by atoms with E-state index in [2.05, 4.69) is 0 Å². The van der Waals surface area contributed by atoms with E-state index < -0.39 is 6.10 Å². The molecule has 1 saturated carbocycles. The molecule has 1 amide bonds. The van der Waals surface area contributed by atoms with Gasteiger partial charge in [-0.15, -0.1) is 0 Å². The van der Waals surface area contributed by atoms with Crippen molar-refractivity contribution >= 4 is 5.91 Å². The number of nitrogens with zero attached hydrogens (tertiary/aromatic N) is 1. The van der Waals surface area contributed by atoms with Gasteiger partial charge in [0.05, 0.1) is 18.2 Å². The number of carbonyl (C=O) groups is 1. The van der Waals surface area contributed by atoms with Gasteiger partial charge in [-0.25, -0.2) is 0 Å². The lowest BCUT2D eigenvalue weighted by Gasteiger charge is -2.35. The second kappa shape index (κ2) is 6.94. The fourth-order valence-electron chi connectivity index (χ4n) is 2.87. The highest BCUT2D eigenvalue weighted by Crippen LogP contribution is 2.24. The van der Waals surface area contributed by atoms with Crippen LogP contribution in [0.3, 0.4) is 0 Å². The lowest BCUT2D eigenvalue weighted by molar-refractivity contribution is 0.0267. The van der Waals surface area contributed by atoms with Crippen molar-refractivity contribution in [2.75, 3.05) is 7.05 Å². The van der Waals surface area contributed by atoms with Crippen molar-refractivity contribution in [3.05, 3.63) is 29.8 Å². The van der Waals surface area contributed by atoms with Crippen molar-refractivity contribution in [2.45, 2.75) is 57.8 Å². The normalized spacial score (nSPS) is 22.1. The number of rotatable bonds is 4. The zero-order valence-corrected chi connectivity index (χ0v) is 13.1. The van der Waals surface area contributed by atoms with Crippen LogP contribution in [0.15, 0.2) is 24.3 Å². The largest absolute Gasteiger partial charge is 0.491 e. The summed E-state index contributed by atoms with van der Waals surface area (Å²) in [5, 5.41) is 10.1. The third kappa shape index (κ3) is 3.97. The first-order valence-corrected chi connectivity index (χ1v) is 7.71. The maximum absolute atomic E-state index is 12.6. The van der Waals surface area contributed by atoms with Crippen LogP contribution in [0, 0.1) is 0 Å². The summed E-state index contributed by atoms with van der Waals surface area (Å²) < 4.78 is 5.63. The van der Waals surface area contributed by atoms with Crippen LogP contribution in [-0.2, 0) is 0 Å². The van der Waals surface area contributed by atoms with E-state index in [0.29, 0.717) is 11.3 Å². The van der Waals surface area contributed by atoms with E-state index in [-0.39, 0.29) is 18.1 Å². The van der Waals surface area contributed by atoms with E-state index in [0.717, 1.165) is 25.7 Å². The quantitative estimate of drug-likeness (QED) is 0.928. The molecule has 2 unspecified atom stereocenters. The van der Waals surface area contributed by atoms with E-state index >= 15 is 0 Å². The molecule has 0 bridgehead atoms. The molecular weight excluding hydrogens is 266 g/mol. The highest BCUT2D eigenvalue weighted by atomic mass is 16.5. The third-order valence-electron chi connectivity index (χ3n) is 3.96. The minimum Gasteiger partial charge on any atom is -0.491 e. The molecule has 0 radical (unpaired) electrons. The highest BCUT2D eigenvalue weighted by molar-refractivity contribution is 5.94. The lowest BCUT2D eigenvalue weighted by atomic mass is 9.91. The Morgan fingerprint density at radius 1 is 1.33 bits per heavy atom. The molecule has 4 nitrogen and oxygen atoms in total. The molecule has 2 rings (SSSR count). The molecule has 1 N–H and O–H groups in total. The van der Waals surface area contributed by atoms with Crippen molar-refractivity contribution < 1.29 is 14.6 Å². The summed E-state index contributed by atoms with van der Waals surface area (Å²) in [6.45, 7) is 3.91. The number of hydrogen-bond donors (Lipinski definition) is 1. The number of amides is 1. The van der Waals surface area contributed by atoms with Crippen LogP contribution in [0.25, 0.3) is 0 Å². The summed E-state index contributed by atoms with van der Waals surface area (Å²) >= 11 is 0. The summed E-state index contributed by atoms with van der Waals surface area (Å²) in [4.78, 5) is 14.3. The average molecular weight is 291 g/mol. The standard InChI is InChI=1S/C17H25NO3/c1-12(2)21-14-8-6-7-13(11-14)17(20)18(3)15-9-4-5-10-16(15)19/h6-8,11-12,15-16,19H,4-5,9-10H2,1-3H3. The van der Waals surface area contributed by atoms with Crippen LogP contribution in [0.5, 0.6) is 5.75 Å². The molecule has 1 aliphatic rings.